The van der Waals surface area contributed by atoms with Crippen molar-refractivity contribution in [3.05, 3.63) is 65.7 Å². The summed E-state index contributed by atoms with van der Waals surface area (Å²) in [6.07, 6.45) is 3.55. The van der Waals surface area contributed by atoms with Gasteiger partial charge in [0.15, 0.2) is 0 Å². The Hall–Kier alpha value is -3.12. The summed E-state index contributed by atoms with van der Waals surface area (Å²) in [5, 5.41) is 7.42. The van der Waals surface area contributed by atoms with Crippen molar-refractivity contribution in [1.29, 1.82) is 0 Å². The first-order valence-electron chi connectivity index (χ1n) is 11.1. The van der Waals surface area contributed by atoms with Crippen LogP contribution >= 0.6 is 0 Å². The van der Waals surface area contributed by atoms with Crippen molar-refractivity contribution in [2.45, 2.75) is 37.8 Å². The molecule has 1 aliphatic carbocycles. The third-order valence-electron chi connectivity index (χ3n) is 6.33. The van der Waals surface area contributed by atoms with Crippen LogP contribution < -0.4 is 10.6 Å². The Bertz CT molecular complexity index is 1090. The summed E-state index contributed by atoms with van der Waals surface area (Å²) in [4.78, 5) is 19.3. The number of rotatable bonds is 4. The predicted octanol–water partition coefficient (Wildman–Crippen LogP) is 4.98. The highest BCUT2D eigenvalue weighted by atomic mass is 16.6. The third kappa shape index (κ3) is 4.49. The maximum atomic E-state index is 12.3. The van der Waals surface area contributed by atoms with E-state index in [1.165, 1.54) is 11.1 Å². The minimum absolute atomic E-state index is 0.00678. The van der Waals surface area contributed by atoms with Crippen LogP contribution in [0.2, 0.25) is 0 Å². The zero-order valence-corrected chi connectivity index (χ0v) is 17.8. The van der Waals surface area contributed by atoms with Crippen LogP contribution in [0, 0.1) is 0 Å². The van der Waals surface area contributed by atoms with E-state index >= 15 is 0 Å². The molecule has 0 saturated carbocycles. The summed E-state index contributed by atoms with van der Waals surface area (Å²) >= 11 is 0. The smallest absolute Gasteiger partial charge is 0.411 e. The summed E-state index contributed by atoms with van der Waals surface area (Å²) in [6, 6.07) is 18.7. The molecule has 1 aromatic heterocycles. The van der Waals surface area contributed by atoms with Crippen LogP contribution in [0.15, 0.2) is 54.6 Å². The molecule has 160 valence electrons. The molecule has 1 saturated heterocycles. The lowest BCUT2D eigenvalue weighted by atomic mass is 10.1. The number of aryl methyl sites for hydroxylation is 1. The fourth-order valence-corrected chi connectivity index (χ4v) is 4.57. The Morgan fingerprint density at radius 1 is 1.06 bits per heavy atom. The number of nitrogens with one attached hydrogen (secondary N) is 2. The van der Waals surface area contributed by atoms with E-state index < -0.39 is 0 Å². The van der Waals surface area contributed by atoms with Crippen LogP contribution in [0.4, 0.5) is 16.3 Å². The summed E-state index contributed by atoms with van der Waals surface area (Å²) in [5.41, 5.74) is 4.40. The van der Waals surface area contributed by atoms with E-state index in [4.69, 9.17) is 9.72 Å². The lowest BCUT2D eigenvalue weighted by Gasteiger charge is -2.28. The monoisotopic (exact) mass is 416 g/mol. The molecule has 31 heavy (non-hydrogen) atoms. The Labute approximate surface area is 182 Å². The minimum atomic E-state index is -0.389. The van der Waals surface area contributed by atoms with E-state index in [-0.39, 0.29) is 12.2 Å². The zero-order valence-electron chi connectivity index (χ0n) is 17.8. The normalized spacial score (nSPS) is 19.2. The number of benzene rings is 2. The molecule has 5 rings (SSSR count). The highest BCUT2D eigenvalue weighted by Crippen LogP contribution is 2.33. The van der Waals surface area contributed by atoms with Crippen molar-refractivity contribution < 1.29 is 9.53 Å². The van der Waals surface area contributed by atoms with Gasteiger partial charge in [-0.05, 0) is 74.2 Å². The van der Waals surface area contributed by atoms with Gasteiger partial charge in [0.05, 0.1) is 11.6 Å². The van der Waals surface area contributed by atoms with Crippen LogP contribution in [0.5, 0.6) is 0 Å². The number of nitrogens with zero attached hydrogens (tertiary/aromatic N) is 2. The van der Waals surface area contributed by atoms with Crippen molar-refractivity contribution in [2.24, 2.45) is 0 Å². The van der Waals surface area contributed by atoms with Gasteiger partial charge in [-0.1, -0.05) is 24.3 Å². The lowest BCUT2D eigenvalue weighted by Crippen LogP contribution is -2.36. The van der Waals surface area contributed by atoms with Crippen molar-refractivity contribution in [3.63, 3.8) is 0 Å². The molecule has 2 heterocycles. The average molecular weight is 417 g/mol. The molecule has 6 heteroatoms. The third-order valence-corrected chi connectivity index (χ3v) is 6.33. The number of likely N-dealkylation sites (tertiary alicyclic amines) is 1. The van der Waals surface area contributed by atoms with Crippen LogP contribution in [0.25, 0.3) is 10.9 Å². The molecule has 2 aliphatic rings. The van der Waals surface area contributed by atoms with E-state index in [9.17, 15) is 4.79 Å². The number of ether oxygens (including phenoxy) is 1. The summed E-state index contributed by atoms with van der Waals surface area (Å²) in [6.45, 7) is 1.92. The summed E-state index contributed by atoms with van der Waals surface area (Å²) in [7, 11) is 2.09. The van der Waals surface area contributed by atoms with Gasteiger partial charge in [0.1, 0.15) is 11.9 Å². The predicted molar refractivity (Wildman–Crippen MR) is 123 cm³/mol. The number of hydrogen-bond donors (Lipinski definition) is 2. The fraction of sp³-hybridized carbons (Fsp3) is 0.360. The van der Waals surface area contributed by atoms with Gasteiger partial charge in [-0.2, -0.15) is 0 Å². The van der Waals surface area contributed by atoms with E-state index in [1.807, 2.05) is 30.3 Å². The molecule has 0 unspecified atom stereocenters. The SMILES string of the molecule is CN1CCC(OC(=O)Nc2ccc3nc(N[C@@H]4CCc5ccccc54)ccc3c2)CC1. The number of fused-ring (bicyclic) bond motifs is 2. The maximum absolute atomic E-state index is 12.3. The zero-order chi connectivity index (χ0) is 21.2. The largest absolute Gasteiger partial charge is 0.446 e. The maximum Gasteiger partial charge on any atom is 0.411 e. The molecular weight excluding hydrogens is 388 g/mol. The number of anilines is 2. The molecular formula is C25H28N4O2. The van der Waals surface area contributed by atoms with Gasteiger partial charge >= 0.3 is 6.09 Å². The molecule has 0 radical (unpaired) electrons. The number of piperidine rings is 1. The van der Waals surface area contributed by atoms with E-state index in [0.29, 0.717) is 6.04 Å². The molecule has 2 aromatic carbocycles. The van der Waals surface area contributed by atoms with Crippen LogP contribution in [-0.2, 0) is 11.2 Å². The van der Waals surface area contributed by atoms with Crippen molar-refractivity contribution in [2.75, 3.05) is 30.8 Å². The van der Waals surface area contributed by atoms with Gasteiger partial charge in [-0.3, -0.25) is 5.32 Å². The van der Waals surface area contributed by atoms with E-state index in [1.54, 1.807) is 0 Å². The minimum Gasteiger partial charge on any atom is -0.446 e. The summed E-state index contributed by atoms with van der Waals surface area (Å²) in [5.74, 6) is 0.872. The van der Waals surface area contributed by atoms with Crippen LogP contribution in [0.3, 0.4) is 0 Å². The molecule has 2 N–H and O–H groups in total. The standard InChI is InChI=1S/C25H28N4O2/c1-29-14-12-20(13-15-29)31-25(30)26-19-8-10-22-18(16-19)7-11-24(27-22)28-23-9-6-17-4-2-3-5-21(17)23/h2-5,7-8,10-11,16,20,23H,6,9,12-15H2,1H3,(H,26,30)(H,27,28)/t23-/m1/s1. The Morgan fingerprint density at radius 2 is 1.90 bits per heavy atom. The van der Waals surface area contributed by atoms with Gasteiger partial charge in [0.2, 0.25) is 0 Å². The fourth-order valence-electron chi connectivity index (χ4n) is 4.57. The Kier molecular flexibility index (Phi) is 5.47. The van der Waals surface area contributed by atoms with Gasteiger partial charge < -0.3 is 15.0 Å². The topological polar surface area (TPSA) is 66.5 Å². The Balaban J connectivity index is 1.23. The highest BCUT2D eigenvalue weighted by molar-refractivity contribution is 5.90. The first-order chi connectivity index (χ1) is 15.1. The van der Waals surface area contributed by atoms with E-state index in [0.717, 1.165) is 61.2 Å². The first kappa shape index (κ1) is 19.8. The summed E-state index contributed by atoms with van der Waals surface area (Å²) < 4.78 is 5.58. The number of amides is 1. The number of carbonyl (C=O) groups excluding carboxylic acids is 1. The highest BCUT2D eigenvalue weighted by Gasteiger charge is 2.22. The van der Waals surface area contributed by atoms with Gasteiger partial charge in [-0.25, -0.2) is 9.78 Å². The molecule has 1 aliphatic heterocycles. The van der Waals surface area contributed by atoms with Gasteiger partial charge in [0, 0.05) is 24.2 Å². The van der Waals surface area contributed by atoms with E-state index in [2.05, 4.69) is 46.8 Å². The molecule has 6 nitrogen and oxygen atoms in total. The Morgan fingerprint density at radius 3 is 2.77 bits per heavy atom. The average Bonchev–Trinajstić information content (AvgIpc) is 3.18. The lowest BCUT2D eigenvalue weighted by molar-refractivity contribution is 0.0662. The van der Waals surface area contributed by atoms with Crippen molar-refractivity contribution in [3.8, 4) is 0 Å². The first-order valence-corrected chi connectivity index (χ1v) is 11.1. The molecule has 1 amide bonds. The molecule has 0 bridgehead atoms. The molecule has 1 fully saturated rings. The van der Waals surface area contributed by atoms with Gasteiger partial charge in [-0.15, -0.1) is 0 Å². The second-order valence-electron chi connectivity index (χ2n) is 8.57. The quantitative estimate of drug-likeness (QED) is 0.628. The number of pyridine rings is 1. The number of carbonyl (C=O) groups is 1. The second-order valence-corrected chi connectivity index (χ2v) is 8.57. The van der Waals surface area contributed by atoms with Crippen molar-refractivity contribution in [1.82, 2.24) is 9.88 Å². The number of aromatic nitrogens is 1. The van der Waals surface area contributed by atoms with Crippen LogP contribution in [-0.4, -0.2) is 42.2 Å². The number of hydrogen-bond acceptors (Lipinski definition) is 5. The molecule has 1 atom stereocenters. The second kappa shape index (κ2) is 8.55. The van der Waals surface area contributed by atoms with Gasteiger partial charge in [0.25, 0.3) is 0 Å². The molecule has 0 spiro atoms. The van der Waals surface area contributed by atoms with Crippen molar-refractivity contribution >= 4 is 28.5 Å². The van der Waals surface area contributed by atoms with Crippen LogP contribution in [0.1, 0.15) is 36.4 Å². The molecule has 3 aromatic rings.